The summed E-state index contributed by atoms with van der Waals surface area (Å²) in [6.07, 6.45) is 13.7. The maximum absolute atomic E-state index is 10.1. The molecule has 1 saturated heterocycles. The third kappa shape index (κ3) is 14.0. The molecule has 0 spiro atoms. The van der Waals surface area contributed by atoms with Gasteiger partial charge in [-0.1, -0.05) is 90.4 Å². The second-order valence-electron chi connectivity index (χ2n) is 9.56. The highest BCUT2D eigenvalue weighted by atomic mass is 32.2. The summed E-state index contributed by atoms with van der Waals surface area (Å²) in [7, 11) is 1.62. The summed E-state index contributed by atoms with van der Waals surface area (Å²) >= 11 is 1.29. The maximum Gasteiger partial charge on any atom is 0.132 e. The van der Waals surface area contributed by atoms with E-state index in [1.54, 1.807) is 7.11 Å². The molecule has 0 aromatic carbocycles. The molecule has 0 unspecified atom stereocenters. The van der Waals surface area contributed by atoms with Gasteiger partial charge in [-0.25, -0.2) is 0 Å². The van der Waals surface area contributed by atoms with Gasteiger partial charge in [-0.2, -0.15) is 0 Å². The Morgan fingerprint density at radius 2 is 1.29 bits per heavy atom. The Labute approximate surface area is 211 Å². The number of methoxy groups -OCH3 is 1. The first kappa shape index (κ1) is 32.1. The molecule has 0 saturated carbocycles. The van der Waals surface area contributed by atoms with Crippen LogP contribution in [0.3, 0.4) is 0 Å². The Balaban J connectivity index is 1.97. The first-order chi connectivity index (χ1) is 16.5. The Morgan fingerprint density at radius 1 is 0.765 bits per heavy atom. The van der Waals surface area contributed by atoms with E-state index in [1.807, 2.05) is 0 Å². The fraction of sp³-hybridized carbons (Fsp3) is 1.00. The maximum atomic E-state index is 10.1. The highest BCUT2D eigenvalue weighted by molar-refractivity contribution is 7.99. The number of thioether (sulfide) groups is 1. The van der Waals surface area contributed by atoms with E-state index >= 15 is 0 Å². The normalized spacial score (nSPS) is 26.1. The molecule has 1 rings (SSSR count). The number of hydrogen-bond acceptors (Lipinski definition) is 8. The van der Waals surface area contributed by atoms with E-state index in [1.165, 1.54) is 95.2 Å². The highest BCUT2D eigenvalue weighted by Crippen LogP contribution is 2.29. The molecule has 4 N–H and O–H groups in total. The van der Waals surface area contributed by atoms with Crippen LogP contribution < -0.4 is 0 Å². The number of hydrogen-bond donors (Lipinski definition) is 4. The lowest BCUT2D eigenvalue weighted by atomic mass is 10.0. The zero-order valence-corrected chi connectivity index (χ0v) is 22.4. The minimum atomic E-state index is -1.35. The Morgan fingerprint density at radius 3 is 1.79 bits per heavy atom. The summed E-state index contributed by atoms with van der Waals surface area (Å²) in [5.41, 5.74) is -0.737. The van der Waals surface area contributed by atoms with Gasteiger partial charge in [-0.15, -0.1) is 11.8 Å². The van der Waals surface area contributed by atoms with Crippen molar-refractivity contribution in [3.8, 4) is 0 Å². The quantitative estimate of drug-likeness (QED) is 0.162. The predicted octanol–water partition coefficient (Wildman–Crippen LogP) is 4.03. The molecule has 0 aromatic heterocycles. The molecule has 8 heteroatoms. The van der Waals surface area contributed by atoms with Crippen LogP contribution in [0, 0.1) is 0 Å². The molecule has 0 aliphatic carbocycles. The SMILES string of the molecule is CCCCCCCCCCCCCCCCOC[C@@H](CS[C@@H]1O[C@H](CO)[C@@H](O)[C@H](O)[C@H]1O)OC. The van der Waals surface area contributed by atoms with Crippen molar-refractivity contribution in [2.45, 2.75) is 133 Å². The topological polar surface area (TPSA) is 109 Å². The summed E-state index contributed by atoms with van der Waals surface area (Å²) < 4.78 is 16.7. The smallest absolute Gasteiger partial charge is 0.132 e. The van der Waals surface area contributed by atoms with Gasteiger partial charge in [0, 0.05) is 19.5 Å². The molecule has 1 fully saturated rings. The molecule has 204 valence electrons. The van der Waals surface area contributed by atoms with Crippen molar-refractivity contribution in [1.82, 2.24) is 0 Å². The van der Waals surface area contributed by atoms with Crippen LogP contribution >= 0.6 is 11.8 Å². The van der Waals surface area contributed by atoms with Gasteiger partial charge in [0.1, 0.15) is 29.9 Å². The third-order valence-electron chi connectivity index (χ3n) is 6.57. The molecule has 34 heavy (non-hydrogen) atoms. The average Bonchev–Trinajstić information content (AvgIpc) is 2.85. The van der Waals surface area contributed by atoms with Crippen molar-refractivity contribution >= 4 is 11.8 Å². The predicted molar refractivity (Wildman–Crippen MR) is 138 cm³/mol. The van der Waals surface area contributed by atoms with E-state index in [-0.39, 0.29) is 6.10 Å². The summed E-state index contributed by atoms with van der Waals surface area (Å²) in [6.45, 7) is 3.02. The molecular formula is C26H52O7S. The highest BCUT2D eigenvalue weighted by Gasteiger charge is 2.43. The minimum Gasteiger partial charge on any atom is -0.394 e. The lowest BCUT2D eigenvalue weighted by Crippen LogP contribution is -2.57. The second kappa shape index (κ2) is 21.2. The molecule has 0 amide bonds. The van der Waals surface area contributed by atoms with E-state index < -0.39 is 36.5 Å². The van der Waals surface area contributed by atoms with Crippen LogP contribution in [0.1, 0.15) is 96.8 Å². The molecule has 0 aromatic rings. The largest absolute Gasteiger partial charge is 0.394 e. The van der Waals surface area contributed by atoms with E-state index in [0.717, 1.165) is 6.42 Å². The van der Waals surface area contributed by atoms with Gasteiger partial charge in [-0.3, -0.25) is 0 Å². The van der Waals surface area contributed by atoms with E-state index in [4.69, 9.17) is 14.2 Å². The first-order valence-corrected chi connectivity index (χ1v) is 14.6. The van der Waals surface area contributed by atoms with Gasteiger partial charge in [0.2, 0.25) is 0 Å². The van der Waals surface area contributed by atoms with Crippen LogP contribution in [-0.4, -0.2) is 89.1 Å². The summed E-state index contributed by atoms with van der Waals surface area (Å²) in [4.78, 5) is 0. The minimum absolute atomic E-state index is 0.163. The van der Waals surface area contributed by atoms with Crippen molar-refractivity contribution in [3.05, 3.63) is 0 Å². The summed E-state index contributed by atoms with van der Waals surface area (Å²) in [5, 5.41) is 39.2. The van der Waals surface area contributed by atoms with Crippen molar-refractivity contribution in [2.24, 2.45) is 0 Å². The van der Waals surface area contributed by atoms with Gasteiger partial charge < -0.3 is 34.6 Å². The van der Waals surface area contributed by atoms with Crippen LogP contribution in [-0.2, 0) is 14.2 Å². The van der Waals surface area contributed by atoms with Crippen LogP contribution in [0.15, 0.2) is 0 Å². The number of ether oxygens (including phenoxy) is 3. The lowest BCUT2D eigenvalue weighted by Gasteiger charge is -2.39. The molecule has 1 aliphatic rings. The van der Waals surface area contributed by atoms with E-state index in [2.05, 4.69) is 6.92 Å². The average molecular weight is 509 g/mol. The van der Waals surface area contributed by atoms with Gasteiger partial charge in [0.15, 0.2) is 0 Å². The Hall–Kier alpha value is 0.0700. The van der Waals surface area contributed by atoms with Crippen LogP contribution in [0.25, 0.3) is 0 Å². The van der Waals surface area contributed by atoms with Crippen LogP contribution in [0.2, 0.25) is 0 Å². The molecule has 7 nitrogen and oxygen atoms in total. The van der Waals surface area contributed by atoms with Gasteiger partial charge in [-0.05, 0) is 6.42 Å². The molecular weight excluding hydrogens is 456 g/mol. The van der Waals surface area contributed by atoms with E-state index in [0.29, 0.717) is 19.0 Å². The van der Waals surface area contributed by atoms with Gasteiger partial charge in [0.25, 0.3) is 0 Å². The third-order valence-corrected chi connectivity index (χ3v) is 7.86. The lowest BCUT2D eigenvalue weighted by molar-refractivity contribution is -0.205. The van der Waals surface area contributed by atoms with Crippen molar-refractivity contribution in [2.75, 3.05) is 32.7 Å². The molecule has 0 radical (unpaired) electrons. The molecule has 1 heterocycles. The van der Waals surface area contributed by atoms with Gasteiger partial charge in [0.05, 0.1) is 19.3 Å². The van der Waals surface area contributed by atoms with Crippen molar-refractivity contribution in [1.29, 1.82) is 0 Å². The van der Waals surface area contributed by atoms with Crippen LogP contribution in [0.4, 0.5) is 0 Å². The Kier molecular flexibility index (Phi) is 20.0. The zero-order chi connectivity index (χ0) is 25.0. The number of aliphatic hydroxyl groups is 4. The fourth-order valence-electron chi connectivity index (χ4n) is 4.20. The molecule has 1 aliphatic heterocycles. The second-order valence-corrected chi connectivity index (χ2v) is 10.7. The number of unbranched alkanes of at least 4 members (excludes halogenated alkanes) is 13. The summed E-state index contributed by atoms with van der Waals surface area (Å²) in [6, 6.07) is 0. The van der Waals surface area contributed by atoms with Crippen molar-refractivity contribution < 1.29 is 34.6 Å². The number of rotatable bonds is 22. The molecule has 6 atom stereocenters. The standard InChI is InChI=1S/C26H52O7S/c1-3-4-5-6-7-8-9-10-11-12-13-14-15-16-17-32-19-21(31-2)20-34-26-25(30)24(29)23(28)22(18-27)33-26/h21-30H,3-20H2,1-2H3/t21-,22+,23+,24-,25+,26-/m0/s1. The van der Waals surface area contributed by atoms with E-state index in [9.17, 15) is 20.4 Å². The first-order valence-electron chi connectivity index (χ1n) is 13.6. The summed E-state index contributed by atoms with van der Waals surface area (Å²) in [5.74, 6) is 0.512. The fourth-order valence-corrected chi connectivity index (χ4v) is 5.42. The van der Waals surface area contributed by atoms with Crippen molar-refractivity contribution in [3.63, 3.8) is 0 Å². The number of aliphatic hydroxyl groups excluding tert-OH is 4. The Bertz CT molecular complexity index is 455. The van der Waals surface area contributed by atoms with Crippen LogP contribution in [0.5, 0.6) is 0 Å². The molecule has 0 bridgehead atoms. The monoisotopic (exact) mass is 508 g/mol. The van der Waals surface area contributed by atoms with Gasteiger partial charge >= 0.3 is 0 Å². The zero-order valence-electron chi connectivity index (χ0n) is 21.6.